The molecule has 2 rings (SSSR count). The van der Waals surface area contributed by atoms with Crippen LogP contribution in [-0.2, 0) is 0 Å². The van der Waals surface area contributed by atoms with Crippen molar-refractivity contribution in [3.8, 4) is 6.07 Å². The maximum absolute atomic E-state index is 8.61. The molecule has 2 aromatic heterocycles. The van der Waals surface area contributed by atoms with Gasteiger partial charge >= 0.3 is 0 Å². The predicted molar refractivity (Wildman–Crippen MR) is 44.3 cm³/mol. The van der Waals surface area contributed by atoms with Crippen LogP contribution in [0.25, 0.3) is 5.65 Å². The van der Waals surface area contributed by atoms with Crippen LogP contribution >= 0.6 is 0 Å². The third-order valence-electron chi connectivity index (χ3n) is 1.67. The topological polar surface area (TPSA) is 67.1 Å². The van der Waals surface area contributed by atoms with Crippen LogP contribution < -0.4 is 5.73 Å². The molecule has 0 aliphatic carbocycles. The quantitative estimate of drug-likeness (QED) is 0.616. The van der Waals surface area contributed by atoms with Crippen molar-refractivity contribution in [3.63, 3.8) is 0 Å². The smallest absolute Gasteiger partial charge is 0.183 e. The monoisotopic (exact) mass is 158 g/mol. The molecule has 4 nitrogen and oxygen atoms in total. The first kappa shape index (κ1) is 6.68. The van der Waals surface area contributed by atoms with Gasteiger partial charge in [0.25, 0.3) is 0 Å². The highest BCUT2D eigenvalue weighted by Crippen LogP contribution is 2.12. The van der Waals surface area contributed by atoms with Crippen LogP contribution in [0, 0.1) is 11.3 Å². The van der Waals surface area contributed by atoms with Gasteiger partial charge in [0.05, 0.1) is 0 Å². The first-order chi connectivity index (χ1) is 5.83. The Morgan fingerprint density at radius 3 is 3.00 bits per heavy atom. The maximum Gasteiger partial charge on any atom is 0.183 e. The lowest BCUT2D eigenvalue weighted by atomic mass is 10.5. The number of nitrogens with two attached hydrogens (primary N) is 1. The summed E-state index contributed by atoms with van der Waals surface area (Å²) in [7, 11) is 0. The number of rotatable bonds is 0. The maximum atomic E-state index is 8.61. The second-order valence-electron chi connectivity index (χ2n) is 2.39. The minimum Gasteiger partial charge on any atom is -0.382 e. The van der Waals surface area contributed by atoms with E-state index in [1.54, 1.807) is 16.7 Å². The summed E-state index contributed by atoms with van der Waals surface area (Å²) in [6.07, 6.45) is 1.78. The number of nitriles is 1. The Hall–Kier alpha value is -2.02. The molecule has 0 amide bonds. The van der Waals surface area contributed by atoms with Gasteiger partial charge in [-0.15, -0.1) is 0 Å². The van der Waals surface area contributed by atoms with Crippen LogP contribution in [0.2, 0.25) is 0 Å². The Kier molecular flexibility index (Phi) is 1.25. The highest BCUT2D eigenvalue weighted by molar-refractivity contribution is 5.56. The van der Waals surface area contributed by atoms with Crippen molar-refractivity contribution in [1.29, 1.82) is 5.26 Å². The van der Waals surface area contributed by atoms with E-state index >= 15 is 0 Å². The molecule has 0 aliphatic heterocycles. The van der Waals surface area contributed by atoms with Gasteiger partial charge in [-0.2, -0.15) is 5.26 Å². The van der Waals surface area contributed by atoms with Gasteiger partial charge in [0, 0.05) is 6.20 Å². The van der Waals surface area contributed by atoms with Crippen LogP contribution in [-0.4, -0.2) is 9.38 Å². The van der Waals surface area contributed by atoms with Crippen molar-refractivity contribution in [3.05, 3.63) is 30.1 Å². The zero-order chi connectivity index (χ0) is 8.55. The molecule has 0 radical (unpaired) electrons. The van der Waals surface area contributed by atoms with Crippen molar-refractivity contribution in [1.82, 2.24) is 9.38 Å². The highest BCUT2D eigenvalue weighted by Gasteiger charge is 2.05. The lowest BCUT2D eigenvalue weighted by molar-refractivity contribution is 1.20. The molecule has 0 aromatic carbocycles. The molecule has 4 heteroatoms. The molecule has 0 aliphatic rings. The van der Waals surface area contributed by atoms with Gasteiger partial charge in [-0.1, -0.05) is 6.07 Å². The number of hydrogen-bond acceptors (Lipinski definition) is 3. The minimum absolute atomic E-state index is 0.279. The Bertz CT molecular complexity index is 463. The minimum atomic E-state index is 0.279. The van der Waals surface area contributed by atoms with Crippen molar-refractivity contribution in [2.45, 2.75) is 0 Å². The number of imidazole rings is 1. The summed E-state index contributed by atoms with van der Waals surface area (Å²) in [5, 5.41) is 8.61. The lowest BCUT2D eigenvalue weighted by Crippen LogP contribution is -1.92. The molecule has 12 heavy (non-hydrogen) atoms. The number of hydrogen-bond donors (Lipinski definition) is 1. The third-order valence-corrected chi connectivity index (χ3v) is 1.67. The average molecular weight is 158 g/mol. The van der Waals surface area contributed by atoms with Crippen molar-refractivity contribution >= 4 is 11.5 Å². The summed E-state index contributed by atoms with van der Waals surface area (Å²) in [5.74, 6) is 0.396. The van der Waals surface area contributed by atoms with Crippen LogP contribution in [0.4, 0.5) is 5.82 Å². The summed E-state index contributed by atoms with van der Waals surface area (Å²) in [4.78, 5) is 4.01. The molecule has 0 spiro atoms. The molecule has 58 valence electrons. The molecule has 2 heterocycles. The fourth-order valence-electron chi connectivity index (χ4n) is 1.10. The molecule has 0 atom stereocenters. The molecule has 0 unspecified atom stereocenters. The summed E-state index contributed by atoms with van der Waals surface area (Å²) in [6.45, 7) is 0. The van der Waals surface area contributed by atoms with Gasteiger partial charge < -0.3 is 5.73 Å². The van der Waals surface area contributed by atoms with Crippen LogP contribution in [0.15, 0.2) is 24.4 Å². The number of nitrogens with zero attached hydrogens (tertiary/aromatic N) is 3. The molecular weight excluding hydrogens is 152 g/mol. The number of anilines is 1. The van der Waals surface area contributed by atoms with E-state index in [0.717, 1.165) is 0 Å². The highest BCUT2D eigenvalue weighted by atomic mass is 15.1. The Balaban J connectivity index is 2.90. The van der Waals surface area contributed by atoms with Gasteiger partial charge in [0.1, 0.15) is 17.5 Å². The summed E-state index contributed by atoms with van der Waals surface area (Å²) < 4.78 is 1.68. The fourth-order valence-corrected chi connectivity index (χ4v) is 1.10. The standard InChI is InChI=1S/C8H6N4/c9-5-6-8(10)12-4-2-1-3-7(12)11-6/h1-4H,10H2. The molecule has 2 N–H and O–H groups in total. The Morgan fingerprint density at radius 2 is 2.33 bits per heavy atom. The fraction of sp³-hybridized carbons (Fsp3) is 0. The van der Waals surface area contributed by atoms with E-state index in [1.807, 2.05) is 18.2 Å². The largest absolute Gasteiger partial charge is 0.382 e. The summed E-state index contributed by atoms with van der Waals surface area (Å²) >= 11 is 0. The van der Waals surface area contributed by atoms with E-state index in [4.69, 9.17) is 11.0 Å². The molecule has 0 saturated heterocycles. The first-order valence-corrected chi connectivity index (χ1v) is 3.45. The van der Waals surface area contributed by atoms with Crippen molar-refractivity contribution in [2.24, 2.45) is 0 Å². The van der Waals surface area contributed by atoms with Gasteiger partial charge in [-0.25, -0.2) is 4.98 Å². The Labute approximate surface area is 68.9 Å². The molecular formula is C8H6N4. The van der Waals surface area contributed by atoms with Gasteiger partial charge in [0.2, 0.25) is 0 Å². The zero-order valence-electron chi connectivity index (χ0n) is 6.23. The van der Waals surface area contributed by atoms with E-state index in [1.165, 1.54) is 0 Å². The van der Waals surface area contributed by atoms with Gasteiger partial charge in [-0.3, -0.25) is 4.40 Å². The number of pyridine rings is 1. The van der Waals surface area contributed by atoms with E-state index in [-0.39, 0.29) is 5.69 Å². The van der Waals surface area contributed by atoms with Gasteiger partial charge in [-0.05, 0) is 12.1 Å². The molecule has 0 saturated carbocycles. The number of aromatic nitrogens is 2. The van der Waals surface area contributed by atoms with E-state index in [9.17, 15) is 0 Å². The molecule has 0 bridgehead atoms. The Morgan fingerprint density at radius 1 is 1.50 bits per heavy atom. The molecule has 0 fully saturated rings. The van der Waals surface area contributed by atoms with Crippen LogP contribution in [0.1, 0.15) is 5.69 Å². The first-order valence-electron chi connectivity index (χ1n) is 3.45. The number of fused-ring (bicyclic) bond motifs is 1. The van der Waals surface area contributed by atoms with Crippen LogP contribution in [0.5, 0.6) is 0 Å². The zero-order valence-corrected chi connectivity index (χ0v) is 6.23. The molecule has 2 aromatic rings. The van der Waals surface area contributed by atoms with E-state index in [2.05, 4.69) is 4.98 Å². The SMILES string of the molecule is N#Cc1nc2ccccn2c1N. The second-order valence-corrected chi connectivity index (χ2v) is 2.39. The second kappa shape index (κ2) is 2.24. The summed E-state index contributed by atoms with van der Waals surface area (Å²) in [5.41, 5.74) is 6.61. The predicted octanol–water partition coefficient (Wildman–Crippen LogP) is 0.788. The lowest BCUT2D eigenvalue weighted by Gasteiger charge is -1.92. The van der Waals surface area contributed by atoms with E-state index < -0.39 is 0 Å². The van der Waals surface area contributed by atoms with Gasteiger partial charge in [0.15, 0.2) is 5.69 Å². The third kappa shape index (κ3) is 0.736. The number of nitrogen functional groups attached to an aromatic ring is 1. The van der Waals surface area contributed by atoms with E-state index in [0.29, 0.717) is 11.5 Å². The van der Waals surface area contributed by atoms with Crippen molar-refractivity contribution < 1.29 is 0 Å². The average Bonchev–Trinajstić information content (AvgIpc) is 2.44. The van der Waals surface area contributed by atoms with Crippen molar-refractivity contribution in [2.75, 3.05) is 5.73 Å². The normalized spacial score (nSPS) is 9.92. The van der Waals surface area contributed by atoms with Crippen LogP contribution in [0.3, 0.4) is 0 Å². The summed E-state index contributed by atoms with van der Waals surface area (Å²) in [6, 6.07) is 7.42.